The third kappa shape index (κ3) is 3.94. The molecule has 1 unspecified atom stereocenters. The number of hydrogen-bond donors (Lipinski definition) is 1. The second-order valence-corrected chi connectivity index (χ2v) is 7.34. The van der Waals surface area contributed by atoms with Gasteiger partial charge in [0.1, 0.15) is 11.5 Å². The van der Waals surface area contributed by atoms with Crippen molar-refractivity contribution in [3.05, 3.63) is 107 Å². The Kier molecular flexibility index (Phi) is 5.85. The number of nitrogens with zero attached hydrogens (tertiary/aromatic N) is 1. The van der Waals surface area contributed by atoms with Gasteiger partial charge in [-0.05, 0) is 18.1 Å². The van der Waals surface area contributed by atoms with Crippen LogP contribution in [0.5, 0.6) is 5.75 Å². The van der Waals surface area contributed by atoms with Gasteiger partial charge in [0.15, 0.2) is 0 Å². The first-order valence-electron chi connectivity index (χ1n) is 10.1. The van der Waals surface area contributed by atoms with Crippen LogP contribution in [0.3, 0.4) is 0 Å². The number of ether oxygens (including phenoxy) is 1. The smallest absolute Gasteiger partial charge is 0.295 e. The molecule has 3 aromatic carbocycles. The van der Waals surface area contributed by atoms with E-state index in [-0.39, 0.29) is 11.3 Å². The van der Waals surface area contributed by atoms with Crippen LogP contribution in [0.1, 0.15) is 22.7 Å². The number of ketones is 1. The molecule has 0 radical (unpaired) electrons. The number of benzene rings is 3. The molecule has 1 amide bonds. The quantitative estimate of drug-likeness (QED) is 0.370. The van der Waals surface area contributed by atoms with Crippen molar-refractivity contribution in [1.29, 1.82) is 0 Å². The summed E-state index contributed by atoms with van der Waals surface area (Å²) in [6, 6.07) is 25.1. The van der Waals surface area contributed by atoms with Gasteiger partial charge in [-0.1, -0.05) is 78.9 Å². The number of para-hydroxylation sites is 1. The van der Waals surface area contributed by atoms with Gasteiger partial charge >= 0.3 is 0 Å². The average molecular weight is 413 g/mol. The van der Waals surface area contributed by atoms with E-state index in [9.17, 15) is 14.7 Å². The normalized spacial score (nSPS) is 17.7. The highest BCUT2D eigenvalue weighted by Gasteiger charge is 2.46. The molecule has 1 heterocycles. The number of likely N-dealkylation sites (tertiary alicyclic amines) is 1. The van der Waals surface area contributed by atoms with E-state index in [1.807, 2.05) is 54.6 Å². The van der Waals surface area contributed by atoms with Gasteiger partial charge in [-0.25, -0.2) is 0 Å². The Labute approximate surface area is 181 Å². The fourth-order valence-electron chi connectivity index (χ4n) is 3.97. The lowest BCUT2D eigenvalue weighted by atomic mass is 9.94. The average Bonchev–Trinajstić information content (AvgIpc) is 3.08. The van der Waals surface area contributed by atoms with Crippen LogP contribution in [0.25, 0.3) is 5.76 Å². The molecule has 1 aliphatic heterocycles. The van der Waals surface area contributed by atoms with E-state index in [4.69, 9.17) is 4.74 Å². The highest BCUT2D eigenvalue weighted by atomic mass is 16.5. The number of aliphatic hydroxyl groups is 1. The summed E-state index contributed by atoms with van der Waals surface area (Å²) in [5, 5.41) is 11.0. The first-order valence-corrected chi connectivity index (χ1v) is 10.1. The summed E-state index contributed by atoms with van der Waals surface area (Å²) in [6.07, 6.45) is 0.588. The van der Waals surface area contributed by atoms with Gasteiger partial charge in [0, 0.05) is 17.7 Å². The van der Waals surface area contributed by atoms with Crippen LogP contribution in [0.4, 0.5) is 0 Å². The molecule has 0 bridgehead atoms. The lowest BCUT2D eigenvalue weighted by Gasteiger charge is -2.26. The van der Waals surface area contributed by atoms with Crippen LogP contribution in [0.15, 0.2) is 90.5 Å². The van der Waals surface area contributed by atoms with E-state index in [1.165, 1.54) is 4.90 Å². The van der Waals surface area contributed by atoms with E-state index in [0.29, 0.717) is 29.8 Å². The van der Waals surface area contributed by atoms with Crippen molar-refractivity contribution in [3.8, 4) is 5.75 Å². The van der Waals surface area contributed by atoms with E-state index in [0.717, 1.165) is 5.56 Å². The van der Waals surface area contributed by atoms with E-state index >= 15 is 0 Å². The monoisotopic (exact) mass is 413 g/mol. The van der Waals surface area contributed by atoms with E-state index < -0.39 is 17.7 Å². The van der Waals surface area contributed by atoms with Gasteiger partial charge in [-0.15, -0.1) is 0 Å². The summed E-state index contributed by atoms with van der Waals surface area (Å²) < 4.78 is 5.52. The molecule has 1 fully saturated rings. The second kappa shape index (κ2) is 8.88. The third-order valence-corrected chi connectivity index (χ3v) is 5.50. The summed E-state index contributed by atoms with van der Waals surface area (Å²) in [5.41, 5.74) is 2.29. The zero-order chi connectivity index (χ0) is 21.8. The standard InChI is InChI=1S/C26H23NO4/c1-31-21-15-9-8-14-20(21)23-22(24(28)19-12-6-3-7-13-19)25(29)26(30)27(23)17-16-18-10-4-2-5-11-18/h2-15,23,28H,16-17H2,1H3/b24-22+. The predicted octanol–water partition coefficient (Wildman–Crippen LogP) is 4.36. The van der Waals surface area contributed by atoms with Crippen molar-refractivity contribution in [2.24, 2.45) is 0 Å². The van der Waals surface area contributed by atoms with E-state index in [2.05, 4.69) is 0 Å². The fraction of sp³-hybridized carbons (Fsp3) is 0.154. The predicted molar refractivity (Wildman–Crippen MR) is 119 cm³/mol. The summed E-state index contributed by atoms with van der Waals surface area (Å²) in [5.74, 6) is -0.940. The molecule has 1 N–H and O–H groups in total. The maximum atomic E-state index is 13.1. The van der Waals surface area contributed by atoms with Crippen molar-refractivity contribution in [3.63, 3.8) is 0 Å². The minimum atomic E-state index is -0.736. The number of carbonyl (C=O) groups is 2. The van der Waals surface area contributed by atoms with Crippen molar-refractivity contribution < 1.29 is 19.4 Å². The Morgan fingerprint density at radius 1 is 0.903 bits per heavy atom. The molecular weight excluding hydrogens is 390 g/mol. The molecule has 3 aromatic rings. The second-order valence-electron chi connectivity index (χ2n) is 7.34. The molecule has 31 heavy (non-hydrogen) atoms. The topological polar surface area (TPSA) is 66.8 Å². The fourth-order valence-corrected chi connectivity index (χ4v) is 3.97. The Hall–Kier alpha value is -3.86. The molecule has 1 saturated heterocycles. The van der Waals surface area contributed by atoms with E-state index in [1.54, 1.807) is 37.4 Å². The lowest BCUT2D eigenvalue weighted by molar-refractivity contribution is -0.139. The van der Waals surface area contributed by atoms with Crippen LogP contribution in [-0.2, 0) is 16.0 Å². The van der Waals surface area contributed by atoms with Crippen LogP contribution < -0.4 is 4.74 Å². The molecule has 0 saturated carbocycles. The van der Waals surface area contributed by atoms with Gasteiger partial charge in [0.2, 0.25) is 0 Å². The van der Waals surface area contributed by atoms with Crippen LogP contribution in [-0.4, -0.2) is 35.4 Å². The SMILES string of the molecule is COc1ccccc1C1/C(=C(\O)c2ccccc2)C(=O)C(=O)N1CCc1ccccc1. The highest BCUT2D eigenvalue weighted by molar-refractivity contribution is 6.46. The zero-order valence-corrected chi connectivity index (χ0v) is 17.2. The Balaban J connectivity index is 1.82. The van der Waals surface area contributed by atoms with Gasteiger partial charge in [-0.2, -0.15) is 0 Å². The zero-order valence-electron chi connectivity index (χ0n) is 17.2. The lowest BCUT2D eigenvalue weighted by Crippen LogP contribution is -2.31. The molecule has 1 atom stereocenters. The van der Waals surface area contributed by atoms with Crippen LogP contribution in [0.2, 0.25) is 0 Å². The minimum absolute atomic E-state index is 0.0776. The Morgan fingerprint density at radius 3 is 2.19 bits per heavy atom. The van der Waals surface area contributed by atoms with Crippen molar-refractivity contribution >= 4 is 17.4 Å². The largest absolute Gasteiger partial charge is 0.507 e. The number of hydrogen-bond acceptors (Lipinski definition) is 4. The summed E-state index contributed by atoms with van der Waals surface area (Å²) in [4.78, 5) is 27.7. The highest BCUT2D eigenvalue weighted by Crippen LogP contribution is 2.42. The van der Waals surface area contributed by atoms with Gasteiger partial charge < -0.3 is 14.7 Å². The number of amides is 1. The molecule has 5 nitrogen and oxygen atoms in total. The Morgan fingerprint density at radius 2 is 1.52 bits per heavy atom. The summed E-state index contributed by atoms with van der Waals surface area (Å²) >= 11 is 0. The number of carbonyl (C=O) groups excluding carboxylic acids is 2. The van der Waals surface area contributed by atoms with Gasteiger partial charge in [-0.3, -0.25) is 9.59 Å². The maximum Gasteiger partial charge on any atom is 0.295 e. The number of methoxy groups -OCH3 is 1. The third-order valence-electron chi connectivity index (χ3n) is 5.50. The van der Waals surface area contributed by atoms with Gasteiger partial charge in [0.05, 0.1) is 18.7 Å². The molecule has 0 aromatic heterocycles. The molecule has 1 aliphatic rings. The molecular formula is C26H23NO4. The molecule has 4 rings (SSSR count). The van der Waals surface area contributed by atoms with Crippen LogP contribution >= 0.6 is 0 Å². The van der Waals surface area contributed by atoms with Crippen molar-refractivity contribution in [2.45, 2.75) is 12.5 Å². The molecule has 0 spiro atoms. The number of Topliss-reactive ketones (excluding diaryl/α,β-unsaturated/α-hetero) is 1. The molecule has 156 valence electrons. The molecule has 0 aliphatic carbocycles. The van der Waals surface area contributed by atoms with Crippen LogP contribution in [0, 0.1) is 0 Å². The summed E-state index contributed by atoms with van der Waals surface area (Å²) in [7, 11) is 1.55. The van der Waals surface area contributed by atoms with Crippen molar-refractivity contribution in [2.75, 3.05) is 13.7 Å². The minimum Gasteiger partial charge on any atom is -0.507 e. The number of rotatable bonds is 6. The maximum absolute atomic E-state index is 13.1. The van der Waals surface area contributed by atoms with Gasteiger partial charge in [0.25, 0.3) is 11.7 Å². The first-order chi connectivity index (χ1) is 15.1. The Bertz CT molecular complexity index is 1120. The van der Waals surface area contributed by atoms with Crippen molar-refractivity contribution in [1.82, 2.24) is 4.90 Å². The first kappa shape index (κ1) is 20.4. The summed E-state index contributed by atoms with van der Waals surface area (Å²) in [6.45, 7) is 0.336. The number of aliphatic hydroxyl groups excluding tert-OH is 1. The molecule has 5 heteroatoms.